The Morgan fingerprint density at radius 1 is 1.38 bits per heavy atom. The Hall–Kier alpha value is -0.590. The minimum atomic E-state index is -3.44. The molecule has 1 saturated carbocycles. The summed E-state index contributed by atoms with van der Waals surface area (Å²) in [6, 6.07) is 5.56. The molecule has 0 radical (unpaired) electrons. The highest BCUT2D eigenvalue weighted by molar-refractivity contribution is 9.10. The predicted molar refractivity (Wildman–Crippen MR) is 67.6 cm³/mol. The van der Waals surface area contributed by atoms with Gasteiger partial charge in [-0.2, -0.15) is 13.1 Å². The summed E-state index contributed by atoms with van der Waals surface area (Å²) in [5.41, 5.74) is 1.56. The van der Waals surface area contributed by atoms with Crippen LogP contribution in [0, 0.1) is 6.92 Å². The molecule has 4 nitrogen and oxygen atoms in total. The van der Waals surface area contributed by atoms with Crippen LogP contribution in [0.5, 0.6) is 0 Å². The van der Waals surface area contributed by atoms with Crippen LogP contribution in [0.1, 0.15) is 18.4 Å². The molecule has 2 rings (SSSR count). The van der Waals surface area contributed by atoms with E-state index >= 15 is 0 Å². The molecule has 2 N–H and O–H groups in total. The fourth-order valence-electron chi connectivity index (χ4n) is 1.32. The van der Waals surface area contributed by atoms with Crippen molar-refractivity contribution in [1.82, 2.24) is 4.72 Å². The van der Waals surface area contributed by atoms with Crippen molar-refractivity contribution in [2.24, 2.45) is 0 Å². The Bertz CT molecular complexity index is 498. The topological polar surface area (TPSA) is 58.2 Å². The maximum Gasteiger partial charge on any atom is 0.299 e. The number of hydrogen-bond acceptors (Lipinski definition) is 2. The van der Waals surface area contributed by atoms with E-state index < -0.39 is 10.2 Å². The van der Waals surface area contributed by atoms with Crippen LogP contribution in [0.25, 0.3) is 0 Å². The Kier molecular flexibility index (Phi) is 3.23. The van der Waals surface area contributed by atoms with E-state index in [1.54, 1.807) is 6.07 Å². The Morgan fingerprint density at radius 2 is 2.06 bits per heavy atom. The van der Waals surface area contributed by atoms with E-state index in [-0.39, 0.29) is 6.04 Å². The first kappa shape index (κ1) is 11.9. The van der Waals surface area contributed by atoms with Gasteiger partial charge < -0.3 is 0 Å². The Balaban J connectivity index is 2.16. The first-order chi connectivity index (χ1) is 7.48. The lowest BCUT2D eigenvalue weighted by atomic mass is 10.2. The molecule has 0 amide bonds. The van der Waals surface area contributed by atoms with Crippen LogP contribution in [0.4, 0.5) is 5.69 Å². The van der Waals surface area contributed by atoms with Gasteiger partial charge in [0.05, 0.1) is 5.69 Å². The van der Waals surface area contributed by atoms with Crippen LogP contribution in [0.15, 0.2) is 22.7 Å². The highest BCUT2D eigenvalue weighted by atomic mass is 79.9. The fourth-order valence-corrected chi connectivity index (χ4v) is 3.01. The molecular weight excluding hydrogens is 292 g/mol. The van der Waals surface area contributed by atoms with E-state index in [0.29, 0.717) is 5.69 Å². The molecule has 0 aromatic heterocycles. The normalized spacial score (nSPS) is 16.1. The molecule has 0 heterocycles. The summed E-state index contributed by atoms with van der Waals surface area (Å²) in [5.74, 6) is 0. The lowest BCUT2D eigenvalue weighted by Crippen LogP contribution is -2.31. The molecule has 1 aliphatic carbocycles. The van der Waals surface area contributed by atoms with E-state index in [2.05, 4.69) is 25.4 Å². The van der Waals surface area contributed by atoms with Crippen molar-refractivity contribution >= 4 is 31.8 Å². The van der Waals surface area contributed by atoms with Crippen LogP contribution < -0.4 is 9.44 Å². The zero-order chi connectivity index (χ0) is 11.8. The molecule has 0 spiro atoms. The van der Waals surface area contributed by atoms with Crippen LogP contribution in [0.3, 0.4) is 0 Å². The van der Waals surface area contributed by atoms with E-state index in [4.69, 9.17) is 0 Å². The van der Waals surface area contributed by atoms with Gasteiger partial charge in [0.1, 0.15) is 0 Å². The molecule has 0 atom stereocenters. The van der Waals surface area contributed by atoms with E-state index in [1.165, 1.54) is 0 Å². The van der Waals surface area contributed by atoms with Crippen LogP contribution in [0.2, 0.25) is 0 Å². The van der Waals surface area contributed by atoms with Gasteiger partial charge in [0, 0.05) is 10.5 Å². The molecule has 0 bridgehead atoms. The average molecular weight is 305 g/mol. The standard InChI is InChI=1S/C10H13BrN2O2S/c1-7-3-2-4-9(10(7)11)13-16(14,15)12-8-5-6-8/h2-4,8,12-13H,5-6H2,1H3. The molecule has 0 saturated heterocycles. The second kappa shape index (κ2) is 4.35. The third-order valence-corrected chi connectivity index (χ3v) is 4.52. The monoisotopic (exact) mass is 304 g/mol. The molecule has 6 heteroatoms. The number of hydrogen-bond donors (Lipinski definition) is 2. The van der Waals surface area contributed by atoms with Crippen LogP contribution in [-0.2, 0) is 10.2 Å². The van der Waals surface area contributed by atoms with Crippen molar-refractivity contribution < 1.29 is 8.42 Å². The summed E-state index contributed by atoms with van der Waals surface area (Å²) in [4.78, 5) is 0. The second-order valence-electron chi connectivity index (χ2n) is 3.93. The minimum absolute atomic E-state index is 0.112. The lowest BCUT2D eigenvalue weighted by molar-refractivity contribution is 0.586. The number of nitrogens with one attached hydrogen (secondary N) is 2. The first-order valence-electron chi connectivity index (χ1n) is 5.03. The number of halogens is 1. The molecule has 1 fully saturated rings. The summed E-state index contributed by atoms with van der Waals surface area (Å²) in [5, 5.41) is 0. The minimum Gasteiger partial charge on any atom is -0.270 e. The van der Waals surface area contributed by atoms with Gasteiger partial charge in [0.25, 0.3) is 10.2 Å². The van der Waals surface area contributed by atoms with E-state index in [9.17, 15) is 8.42 Å². The molecule has 88 valence electrons. The van der Waals surface area contributed by atoms with Gasteiger partial charge in [0.2, 0.25) is 0 Å². The van der Waals surface area contributed by atoms with Gasteiger partial charge >= 0.3 is 0 Å². The number of rotatable bonds is 4. The zero-order valence-electron chi connectivity index (χ0n) is 8.83. The van der Waals surface area contributed by atoms with Gasteiger partial charge in [-0.25, -0.2) is 0 Å². The Labute approximate surface area is 104 Å². The van der Waals surface area contributed by atoms with Crippen molar-refractivity contribution in [2.75, 3.05) is 4.72 Å². The summed E-state index contributed by atoms with van der Waals surface area (Å²) < 4.78 is 29.2. The fraction of sp³-hybridized carbons (Fsp3) is 0.400. The molecule has 1 aromatic rings. The molecule has 16 heavy (non-hydrogen) atoms. The number of anilines is 1. The maximum absolute atomic E-state index is 11.7. The molecule has 1 aromatic carbocycles. The van der Waals surface area contributed by atoms with Crippen molar-refractivity contribution in [1.29, 1.82) is 0 Å². The van der Waals surface area contributed by atoms with E-state index in [0.717, 1.165) is 22.9 Å². The van der Waals surface area contributed by atoms with Crippen molar-refractivity contribution in [3.05, 3.63) is 28.2 Å². The highest BCUT2D eigenvalue weighted by Gasteiger charge is 2.27. The van der Waals surface area contributed by atoms with Crippen LogP contribution >= 0.6 is 15.9 Å². The van der Waals surface area contributed by atoms with E-state index in [1.807, 2.05) is 19.1 Å². The maximum atomic E-state index is 11.7. The van der Waals surface area contributed by atoms with Crippen molar-refractivity contribution in [3.63, 3.8) is 0 Å². The summed E-state index contributed by atoms with van der Waals surface area (Å²) in [6.45, 7) is 1.91. The Morgan fingerprint density at radius 3 is 2.69 bits per heavy atom. The zero-order valence-corrected chi connectivity index (χ0v) is 11.2. The average Bonchev–Trinajstić information content (AvgIpc) is 2.95. The van der Waals surface area contributed by atoms with Gasteiger partial charge in [-0.1, -0.05) is 12.1 Å². The summed E-state index contributed by atoms with van der Waals surface area (Å²) in [6.07, 6.45) is 1.85. The third-order valence-electron chi connectivity index (χ3n) is 2.34. The smallest absolute Gasteiger partial charge is 0.270 e. The first-order valence-corrected chi connectivity index (χ1v) is 7.31. The van der Waals surface area contributed by atoms with Crippen molar-refractivity contribution in [2.45, 2.75) is 25.8 Å². The highest BCUT2D eigenvalue weighted by Crippen LogP contribution is 2.27. The summed E-state index contributed by atoms with van der Waals surface area (Å²) in [7, 11) is -3.44. The SMILES string of the molecule is Cc1cccc(NS(=O)(=O)NC2CC2)c1Br. The lowest BCUT2D eigenvalue weighted by Gasteiger charge is -2.11. The molecular formula is C10H13BrN2O2S. The number of benzene rings is 1. The third kappa shape index (κ3) is 2.96. The molecule has 1 aliphatic rings. The van der Waals surface area contributed by atoms with Gasteiger partial charge in [-0.05, 0) is 47.3 Å². The second-order valence-corrected chi connectivity index (χ2v) is 6.17. The van der Waals surface area contributed by atoms with Gasteiger partial charge in [-0.3, -0.25) is 4.72 Å². The molecule has 0 aliphatic heterocycles. The quantitative estimate of drug-likeness (QED) is 0.895. The van der Waals surface area contributed by atoms with Gasteiger partial charge in [0.15, 0.2) is 0 Å². The summed E-state index contributed by atoms with van der Waals surface area (Å²) >= 11 is 3.36. The predicted octanol–water partition coefficient (Wildman–Crippen LogP) is 2.17. The largest absolute Gasteiger partial charge is 0.299 e. The van der Waals surface area contributed by atoms with Gasteiger partial charge in [-0.15, -0.1) is 0 Å². The van der Waals surface area contributed by atoms with Crippen molar-refractivity contribution in [3.8, 4) is 0 Å². The molecule has 0 unspecified atom stereocenters. The van der Waals surface area contributed by atoms with Crippen LogP contribution in [-0.4, -0.2) is 14.5 Å². The number of aryl methyl sites for hydroxylation is 1.